The first kappa shape index (κ1) is 25.5. The quantitative estimate of drug-likeness (QED) is 0.475. The van der Waals surface area contributed by atoms with E-state index in [4.69, 9.17) is 29.3 Å². The minimum atomic E-state index is -1.82. The summed E-state index contributed by atoms with van der Waals surface area (Å²) in [5.74, 6) is -1.91. The third-order valence-electron chi connectivity index (χ3n) is 5.10. The second kappa shape index (κ2) is 12.9. The molecule has 0 amide bonds. The van der Waals surface area contributed by atoms with Crippen molar-refractivity contribution in [2.75, 3.05) is 46.7 Å². The molecule has 1 heterocycles. The number of rotatable bonds is 7. The van der Waals surface area contributed by atoms with Crippen LogP contribution < -0.4 is 9.47 Å². The number of carboxylic acids is 2. The van der Waals surface area contributed by atoms with Gasteiger partial charge in [0, 0.05) is 55.8 Å². The Balaban J connectivity index is 0.000000534. The number of piperazine rings is 1. The summed E-state index contributed by atoms with van der Waals surface area (Å²) in [4.78, 5) is 24.6. The van der Waals surface area contributed by atoms with Crippen molar-refractivity contribution < 1.29 is 29.3 Å². The lowest BCUT2D eigenvalue weighted by Gasteiger charge is -2.35. The number of carbonyl (C=O) groups is 2. The summed E-state index contributed by atoms with van der Waals surface area (Å²) in [6.07, 6.45) is 2.12. The second-order valence-corrected chi connectivity index (χ2v) is 8.07. The van der Waals surface area contributed by atoms with Crippen molar-refractivity contribution in [3.8, 4) is 11.5 Å². The summed E-state index contributed by atoms with van der Waals surface area (Å²) in [6.45, 7) is 6.32. The van der Waals surface area contributed by atoms with E-state index in [0.717, 1.165) is 50.8 Å². The lowest BCUT2D eigenvalue weighted by molar-refractivity contribution is -0.159. The molecular weight excluding hydrogens is 432 g/mol. The van der Waals surface area contributed by atoms with E-state index in [9.17, 15) is 0 Å². The van der Waals surface area contributed by atoms with Gasteiger partial charge in [-0.15, -0.1) is 11.8 Å². The van der Waals surface area contributed by atoms with Gasteiger partial charge in [0.25, 0.3) is 0 Å². The number of methoxy groups -OCH3 is 2. The molecule has 0 atom stereocenters. The van der Waals surface area contributed by atoms with Crippen LogP contribution in [-0.2, 0) is 22.7 Å². The van der Waals surface area contributed by atoms with Crippen LogP contribution >= 0.6 is 11.8 Å². The monoisotopic (exact) mass is 462 g/mol. The van der Waals surface area contributed by atoms with Crippen LogP contribution in [0.25, 0.3) is 0 Å². The van der Waals surface area contributed by atoms with Gasteiger partial charge in [-0.3, -0.25) is 9.80 Å². The summed E-state index contributed by atoms with van der Waals surface area (Å²) in [5, 5.41) is 14.8. The number of aliphatic carboxylic acids is 2. The molecule has 2 aromatic rings. The third kappa shape index (κ3) is 8.07. The average Bonchev–Trinajstić information content (AvgIpc) is 2.81. The minimum Gasteiger partial charge on any atom is -0.497 e. The van der Waals surface area contributed by atoms with Crippen molar-refractivity contribution in [1.29, 1.82) is 0 Å². The molecule has 1 aliphatic heterocycles. The molecule has 0 bridgehead atoms. The van der Waals surface area contributed by atoms with Crippen molar-refractivity contribution in [2.24, 2.45) is 0 Å². The smallest absolute Gasteiger partial charge is 0.414 e. The van der Waals surface area contributed by atoms with Gasteiger partial charge in [0.2, 0.25) is 0 Å². The summed E-state index contributed by atoms with van der Waals surface area (Å²) in [7, 11) is 3.40. The van der Waals surface area contributed by atoms with Crippen molar-refractivity contribution in [1.82, 2.24) is 9.80 Å². The maximum absolute atomic E-state index is 9.10. The van der Waals surface area contributed by atoms with Crippen LogP contribution in [0.15, 0.2) is 47.4 Å². The number of carboxylic acid groups (broad SMARTS) is 2. The van der Waals surface area contributed by atoms with E-state index in [0.29, 0.717) is 0 Å². The van der Waals surface area contributed by atoms with Gasteiger partial charge >= 0.3 is 11.9 Å². The van der Waals surface area contributed by atoms with Crippen LogP contribution in [0.3, 0.4) is 0 Å². The number of hydrogen-bond acceptors (Lipinski definition) is 7. The number of hydrogen-bond donors (Lipinski definition) is 2. The third-order valence-corrected chi connectivity index (χ3v) is 5.84. The molecule has 8 nitrogen and oxygen atoms in total. The first-order chi connectivity index (χ1) is 15.4. The van der Waals surface area contributed by atoms with E-state index in [1.165, 1.54) is 16.0 Å². The Labute approximate surface area is 192 Å². The molecule has 0 aliphatic carbocycles. The average molecular weight is 463 g/mol. The lowest BCUT2D eigenvalue weighted by Crippen LogP contribution is -2.45. The number of benzene rings is 2. The maximum atomic E-state index is 9.10. The molecule has 1 aliphatic rings. The Hall–Kier alpha value is -2.75. The van der Waals surface area contributed by atoms with E-state index in [1.807, 2.05) is 12.1 Å². The van der Waals surface area contributed by atoms with Crippen LogP contribution in [-0.4, -0.2) is 78.6 Å². The molecular formula is C23H30N2O6S. The molecule has 0 radical (unpaired) electrons. The summed E-state index contributed by atoms with van der Waals surface area (Å²) >= 11 is 1.79. The molecule has 174 valence electrons. The van der Waals surface area contributed by atoms with Crippen molar-refractivity contribution in [2.45, 2.75) is 18.0 Å². The number of nitrogens with zero attached hydrogens (tertiary/aromatic N) is 2. The fourth-order valence-corrected chi connectivity index (χ4v) is 3.73. The van der Waals surface area contributed by atoms with Crippen LogP contribution in [0.4, 0.5) is 0 Å². The fourth-order valence-electron chi connectivity index (χ4n) is 3.32. The molecule has 2 N–H and O–H groups in total. The number of ether oxygens (including phenoxy) is 2. The summed E-state index contributed by atoms with van der Waals surface area (Å²) < 4.78 is 10.8. The predicted molar refractivity (Wildman–Crippen MR) is 124 cm³/mol. The van der Waals surface area contributed by atoms with Gasteiger partial charge in [0.15, 0.2) is 0 Å². The zero-order valence-corrected chi connectivity index (χ0v) is 19.4. The van der Waals surface area contributed by atoms with Gasteiger partial charge in [0.1, 0.15) is 11.5 Å². The van der Waals surface area contributed by atoms with Gasteiger partial charge in [-0.1, -0.05) is 18.2 Å². The van der Waals surface area contributed by atoms with Crippen molar-refractivity contribution in [3.63, 3.8) is 0 Å². The molecule has 0 aromatic heterocycles. The van der Waals surface area contributed by atoms with Crippen molar-refractivity contribution >= 4 is 23.7 Å². The van der Waals surface area contributed by atoms with Crippen LogP contribution in [0.1, 0.15) is 11.1 Å². The van der Waals surface area contributed by atoms with Gasteiger partial charge < -0.3 is 19.7 Å². The number of thioether (sulfide) groups is 1. The lowest BCUT2D eigenvalue weighted by atomic mass is 10.1. The Bertz CT molecular complexity index is 871. The summed E-state index contributed by atoms with van der Waals surface area (Å²) in [6, 6.07) is 15.0. The zero-order valence-electron chi connectivity index (χ0n) is 18.6. The highest BCUT2D eigenvalue weighted by atomic mass is 32.2. The van der Waals surface area contributed by atoms with Crippen LogP contribution in [0.2, 0.25) is 0 Å². The summed E-state index contributed by atoms with van der Waals surface area (Å²) in [5.41, 5.74) is 2.61. The zero-order chi connectivity index (χ0) is 23.5. The first-order valence-electron chi connectivity index (χ1n) is 10.1. The minimum absolute atomic E-state index is 0.836. The Morgan fingerprint density at radius 2 is 1.44 bits per heavy atom. The molecule has 3 rings (SSSR count). The van der Waals surface area contributed by atoms with E-state index in [1.54, 1.807) is 26.0 Å². The Morgan fingerprint density at radius 3 is 1.91 bits per heavy atom. The van der Waals surface area contributed by atoms with Gasteiger partial charge in [-0.05, 0) is 30.0 Å². The normalized spacial score (nSPS) is 14.2. The van der Waals surface area contributed by atoms with E-state index in [2.05, 4.69) is 46.4 Å². The molecule has 1 fully saturated rings. The molecule has 32 heavy (non-hydrogen) atoms. The molecule has 0 unspecified atom stereocenters. The van der Waals surface area contributed by atoms with Crippen LogP contribution in [0.5, 0.6) is 11.5 Å². The van der Waals surface area contributed by atoms with Crippen LogP contribution in [0, 0.1) is 0 Å². The second-order valence-electron chi connectivity index (χ2n) is 7.19. The van der Waals surface area contributed by atoms with E-state index >= 15 is 0 Å². The van der Waals surface area contributed by atoms with Gasteiger partial charge in [0.05, 0.1) is 14.2 Å². The maximum Gasteiger partial charge on any atom is 0.414 e. The Kier molecular flexibility index (Phi) is 10.3. The molecule has 1 saturated heterocycles. The highest BCUT2D eigenvalue weighted by Gasteiger charge is 2.18. The van der Waals surface area contributed by atoms with Gasteiger partial charge in [-0.25, -0.2) is 9.59 Å². The SMILES string of the molecule is COc1ccc(CN2CCN(Cc3ccc(SC)cc3)CC2)c(OC)c1.O=C(O)C(=O)O. The molecule has 9 heteroatoms. The first-order valence-corrected chi connectivity index (χ1v) is 11.3. The van der Waals surface area contributed by atoms with Gasteiger partial charge in [-0.2, -0.15) is 0 Å². The Morgan fingerprint density at radius 1 is 0.875 bits per heavy atom. The largest absolute Gasteiger partial charge is 0.497 e. The highest BCUT2D eigenvalue weighted by molar-refractivity contribution is 7.98. The standard InChI is InChI=1S/C21H28N2O2S.C2H2O4/c1-24-19-7-6-18(21(14-19)25-2)16-23-12-10-22(11-13-23)15-17-4-8-20(26-3)9-5-17;3-1(4)2(5)6/h4-9,14H,10-13,15-16H2,1-3H3;(H,3,4)(H,5,6). The predicted octanol–water partition coefficient (Wildman–Crippen LogP) is 2.90. The molecule has 0 spiro atoms. The van der Waals surface area contributed by atoms with E-state index < -0.39 is 11.9 Å². The van der Waals surface area contributed by atoms with Crippen molar-refractivity contribution in [3.05, 3.63) is 53.6 Å². The fraction of sp³-hybridized carbons (Fsp3) is 0.391. The highest BCUT2D eigenvalue weighted by Crippen LogP contribution is 2.26. The molecule has 2 aromatic carbocycles. The molecule has 0 saturated carbocycles. The topological polar surface area (TPSA) is 99.5 Å². The van der Waals surface area contributed by atoms with E-state index in [-0.39, 0.29) is 0 Å².